The van der Waals surface area contributed by atoms with Crippen LogP contribution < -0.4 is 20.3 Å². The van der Waals surface area contributed by atoms with Crippen LogP contribution in [0.3, 0.4) is 0 Å². The van der Waals surface area contributed by atoms with Gasteiger partial charge in [-0.2, -0.15) is 4.98 Å². The molecule has 0 atom stereocenters. The smallest absolute Gasteiger partial charge is 0.251 e. The van der Waals surface area contributed by atoms with Gasteiger partial charge >= 0.3 is 0 Å². The molecule has 1 saturated carbocycles. The molecule has 1 amide bonds. The first-order valence-electron chi connectivity index (χ1n) is 14.8. The summed E-state index contributed by atoms with van der Waals surface area (Å²) in [4.78, 5) is 24.9. The number of amides is 1. The van der Waals surface area contributed by atoms with E-state index in [0.29, 0.717) is 30.7 Å². The highest BCUT2D eigenvalue weighted by Gasteiger charge is 2.24. The van der Waals surface area contributed by atoms with E-state index in [2.05, 4.69) is 41.8 Å². The van der Waals surface area contributed by atoms with Crippen LogP contribution in [-0.2, 0) is 19.4 Å². The van der Waals surface area contributed by atoms with Gasteiger partial charge in [-0.15, -0.1) is 0 Å². The van der Waals surface area contributed by atoms with Crippen LogP contribution in [0.1, 0.15) is 76.8 Å². The second kappa shape index (κ2) is 12.7. The maximum absolute atomic E-state index is 13.0. The summed E-state index contributed by atoms with van der Waals surface area (Å²) < 4.78 is 6.09. The van der Waals surface area contributed by atoms with Crippen LogP contribution in [-0.4, -0.2) is 42.6 Å². The standard InChI is InChI=1S/C33H43N5O2/c1-22-18-26(19-23(2)30(22)40-21-25-10-6-5-7-11-25)32(39)34-20-24-14-16-27(17-15-24)35-33-36-29-13-9-8-12-28(29)31(37-33)38(3)4/h5-7,10-11,18-19,24,27H,8-9,12-17,20-21H2,1-4H3,(H,34,39)(H,35,36,37). The molecule has 0 unspecified atom stereocenters. The zero-order valence-electron chi connectivity index (χ0n) is 24.4. The first kappa shape index (κ1) is 27.9. The van der Waals surface area contributed by atoms with Crippen molar-refractivity contribution in [1.29, 1.82) is 0 Å². The van der Waals surface area contributed by atoms with Crippen LogP contribution in [0.4, 0.5) is 11.8 Å². The molecule has 3 aromatic rings. The Morgan fingerprint density at radius 2 is 1.68 bits per heavy atom. The van der Waals surface area contributed by atoms with Crippen molar-refractivity contribution in [3.05, 3.63) is 76.0 Å². The van der Waals surface area contributed by atoms with Gasteiger partial charge in [-0.05, 0) is 100.0 Å². The molecule has 1 fully saturated rings. The largest absolute Gasteiger partial charge is 0.488 e. The highest BCUT2D eigenvalue weighted by molar-refractivity contribution is 5.94. The Balaban J connectivity index is 1.11. The third-order valence-corrected chi connectivity index (χ3v) is 8.26. The molecular weight excluding hydrogens is 498 g/mol. The number of hydrogen-bond donors (Lipinski definition) is 2. The van der Waals surface area contributed by atoms with E-state index in [1.54, 1.807) is 0 Å². The van der Waals surface area contributed by atoms with Gasteiger partial charge in [0.1, 0.15) is 18.2 Å². The molecule has 0 saturated heterocycles. The summed E-state index contributed by atoms with van der Waals surface area (Å²) in [5.41, 5.74) is 6.32. The quantitative estimate of drug-likeness (QED) is 0.345. The number of ether oxygens (including phenoxy) is 1. The third-order valence-electron chi connectivity index (χ3n) is 8.26. The predicted molar refractivity (Wildman–Crippen MR) is 161 cm³/mol. The lowest BCUT2D eigenvalue weighted by Gasteiger charge is -2.30. The lowest BCUT2D eigenvalue weighted by molar-refractivity contribution is 0.0943. The molecule has 1 aromatic heterocycles. The van der Waals surface area contributed by atoms with E-state index in [0.717, 1.165) is 72.7 Å². The van der Waals surface area contributed by atoms with Crippen molar-refractivity contribution in [3.63, 3.8) is 0 Å². The summed E-state index contributed by atoms with van der Waals surface area (Å²) in [6.45, 7) is 5.23. The zero-order valence-corrected chi connectivity index (χ0v) is 24.4. The minimum Gasteiger partial charge on any atom is -0.488 e. The highest BCUT2D eigenvalue weighted by atomic mass is 16.5. The Morgan fingerprint density at radius 3 is 2.38 bits per heavy atom. The van der Waals surface area contributed by atoms with Crippen molar-refractivity contribution in [2.45, 2.75) is 77.9 Å². The van der Waals surface area contributed by atoms with Gasteiger partial charge in [-0.25, -0.2) is 4.98 Å². The van der Waals surface area contributed by atoms with Gasteiger partial charge in [-0.1, -0.05) is 30.3 Å². The molecule has 0 bridgehead atoms. The van der Waals surface area contributed by atoms with E-state index in [1.165, 1.54) is 24.1 Å². The first-order chi connectivity index (χ1) is 19.4. The summed E-state index contributed by atoms with van der Waals surface area (Å²) in [6.07, 6.45) is 8.82. The maximum Gasteiger partial charge on any atom is 0.251 e. The molecule has 40 heavy (non-hydrogen) atoms. The van der Waals surface area contributed by atoms with Crippen LogP contribution in [0, 0.1) is 19.8 Å². The number of carbonyl (C=O) groups is 1. The van der Waals surface area contributed by atoms with E-state index in [-0.39, 0.29) is 5.91 Å². The number of benzene rings is 2. The van der Waals surface area contributed by atoms with Gasteiger partial charge in [-0.3, -0.25) is 4.79 Å². The summed E-state index contributed by atoms with van der Waals surface area (Å²) in [7, 11) is 4.13. The molecule has 212 valence electrons. The molecule has 7 nitrogen and oxygen atoms in total. The average molecular weight is 542 g/mol. The van der Waals surface area contributed by atoms with E-state index in [4.69, 9.17) is 14.7 Å². The molecule has 2 aromatic carbocycles. The van der Waals surface area contributed by atoms with Crippen molar-refractivity contribution in [1.82, 2.24) is 15.3 Å². The van der Waals surface area contributed by atoms with Crippen LogP contribution in [0.15, 0.2) is 42.5 Å². The van der Waals surface area contributed by atoms with E-state index < -0.39 is 0 Å². The summed E-state index contributed by atoms with van der Waals surface area (Å²) in [5, 5.41) is 6.82. The first-order valence-corrected chi connectivity index (χ1v) is 14.8. The van der Waals surface area contributed by atoms with Gasteiger partial charge in [0, 0.05) is 37.8 Å². The van der Waals surface area contributed by atoms with Crippen molar-refractivity contribution in [2.24, 2.45) is 5.92 Å². The number of carbonyl (C=O) groups excluding carboxylic acids is 1. The fraction of sp³-hybridized carbons (Fsp3) is 0.485. The number of hydrogen-bond acceptors (Lipinski definition) is 6. The van der Waals surface area contributed by atoms with Gasteiger partial charge in [0.25, 0.3) is 5.91 Å². The molecular formula is C33H43N5O2. The van der Waals surface area contributed by atoms with Crippen LogP contribution in [0.25, 0.3) is 0 Å². The highest BCUT2D eigenvalue weighted by Crippen LogP contribution is 2.31. The number of aryl methyl sites for hydroxylation is 3. The minimum atomic E-state index is -0.0141. The van der Waals surface area contributed by atoms with Crippen LogP contribution >= 0.6 is 0 Å². The molecule has 0 aliphatic heterocycles. The molecule has 0 spiro atoms. The van der Waals surface area contributed by atoms with Crippen molar-refractivity contribution < 1.29 is 9.53 Å². The van der Waals surface area contributed by atoms with Gasteiger partial charge in [0.05, 0.1) is 5.69 Å². The van der Waals surface area contributed by atoms with Crippen molar-refractivity contribution in [2.75, 3.05) is 30.9 Å². The van der Waals surface area contributed by atoms with Gasteiger partial charge in [0.2, 0.25) is 5.95 Å². The number of aromatic nitrogens is 2. The Labute approximate surface area is 238 Å². The Kier molecular flexibility index (Phi) is 8.88. The number of nitrogens with one attached hydrogen (secondary N) is 2. The Bertz CT molecular complexity index is 1290. The summed E-state index contributed by atoms with van der Waals surface area (Å²) in [6, 6.07) is 14.4. The molecule has 7 heteroatoms. The van der Waals surface area contributed by atoms with Gasteiger partial charge < -0.3 is 20.3 Å². The molecule has 2 aliphatic rings. The Hall–Kier alpha value is -3.61. The topological polar surface area (TPSA) is 79.4 Å². The third kappa shape index (κ3) is 6.75. The maximum atomic E-state index is 13.0. The van der Waals surface area contributed by atoms with Crippen LogP contribution in [0.2, 0.25) is 0 Å². The number of anilines is 2. The minimum absolute atomic E-state index is 0.0141. The molecule has 1 heterocycles. The zero-order chi connectivity index (χ0) is 28.1. The van der Waals surface area contributed by atoms with Gasteiger partial charge in [0.15, 0.2) is 0 Å². The SMILES string of the molecule is Cc1cc(C(=O)NCC2CCC(Nc3nc4c(c(N(C)C)n3)CCCC4)CC2)cc(C)c1OCc1ccccc1. The van der Waals surface area contributed by atoms with E-state index in [9.17, 15) is 4.79 Å². The Morgan fingerprint density at radius 1 is 0.975 bits per heavy atom. The normalized spacial score (nSPS) is 18.5. The lowest BCUT2D eigenvalue weighted by atomic mass is 9.86. The fourth-order valence-corrected chi connectivity index (χ4v) is 6.08. The number of fused-ring (bicyclic) bond motifs is 1. The summed E-state index contributed by atoms with van der Waals surface area (Å²) in [5.74, 6) is 3.15. The molecule has 2 N–H and O–H groups in total. The monoisotopic (exact) mass is 541 g/mol. The van der Waals surface area contributed by atoms with E-state index >= 15 is 0 Å². The average Bonchev–Trinajstić information content (AvgIpc) is 2.96. The second-order valence-corrected chi connectivity index (χ2v) is 11.7. The predicted octanol–water partition coefficient (Wildman–Crippen LogP) is 6.02. The van der Waals surface area contributed by atoms with Crippen LogP contribution in [0.5, 0.6) is 5.75 Å². The summed E-state index contributed by atoms with van der Waals surface area (Å²) >= 11 is 0. The van der Waals surface area contributed by atoms with Crippen molar-refractivity contribution in [3.8, 4) is 5.75 Å². The van der Waals surface area contributed by atoms with Crippen molar-refractivity contribution >= 4 is 17.7 Å². The number of rotatable bonds is 9. The fourth-order valence-electron chi connectivity index (χ4n) is 6.08. The number of nitrogens with zero attached hydrogens (tertiary/aromatic N) is 3. The lowest BCUT2D eigenvalue weighted by Crippen LogP contribution is -2.34. The molecule has 0 radical (unpaired) electrons. The second-order valence-electron chi connectivity index (χ2n) is 11.7. The van der Waals surface area contributed by atoms with E-state index in [1.807, 2.05) is 44.2 Å². The molecule has 5 rings (SSSR count). The molecule has 2 aliphatic carbocycles.